The maximum absolute atomic E-state index is 6.91. The highest BCUT2D eigenvalue weighted by molar-refractivity contribution is 4.56. The fraction of sp³-hybridized carbons (Fsp3) is 1.00. The highest BCUT2D eigenvalue weighted by Crippen LogP contribution is 1.80. The lowest BCUT2D eigenvalue weighted by Gasteiger charge is -2.09. The zero-order valence-corrected chi connectivity index (χ0v) is 2.08. The van der Waals surface area contributed by atoms with Crippen molar-refractivity contribution in [1.29, 1.82) is 0 Å². The average Bonchev–Trinajstić information content (AvgIpc) is 1.63. The molecule has 24 valence electrons. The second-order valence-electron chi connectivity index (χ2n) is 0.558. The van der Waals surface area contributed by atoms with Crippen LogP contribution in [0.5, 0.6) is 0 Å². The quantitative estimate of drug-likeness (QED) is 0.416. The minimum Gasteiger partial charge on any atom is -0.317 e. The molecule has 1 heterocycles. The van der Waals surface area contributed by atoms with Gasteiger partial charge in [-0.15, -0.1) is 0 Å². The highest BCUT2D eigenvalue weighted by Gasteiger charge is 1.92. The molecule has 1 nitrogen and oxygen atoms in total. The molecule has 0 spiro atoms. The maximum Gasteiger partial charge on any atom is 0.0428 e. The predicted octanol–water partition coefficient (Wildman–Crippen LogP) is -0.0203. The molecule has 1 aliphatic heterocycles. The van der Waals surface area contributed by atoms with E-state index >= 15 is 0 Å². The molecule has 0 saturated carbocycles. The molecule has 0 bridgehead atoms. The molecule has 1 N–H and O–H groups in total. The van der Waals surface area contributed by atoms with Crippen LogP contribution in [-0.2, 0) is 0 Å². The molecule has 1 heteroatoms. The molecule has 0 amide bonds. The Morgan fingerprint density at radius 2 is 2.50 bits per heavy atom. The van der Waals surface area contributed by atoms with Gasteiger partial charge in [-0.3, -0.25) is 0 Å². The monoisotopic (exact) mass is 62.1 g/mol. The summed E-state index contributed by atoms with van der Waals surface area (Å²) in [4.78, 5) is 0. The van der Waals surface area contributed by atoms with E-state index in [0.29, 0.717) is 0 Å². The standard InChI is InChI=1S/C3H7N/c1-2-4-3-1/h4H,1-3H2/i1D,2D2,3D2. The summed E-state index contributed by atoms with van der Waals surface area (Å²) in [5.74, 6) is 0. The third kappa shape index (κ3) is 0.115. The van der Waals surface area contributed by atoms with Gasteiger partial charge in [0.05, 0.1) is 0 Å². The maximum atomic E-state index is 6.91. The van der Waals surface area contributed by atoms with Crippen molar-refractivity contribution < 1.29 is 6.85 Å². The summed E-state index contributed by atoms with van der Waals surface area (Å²) >= 11 is 0. The van der Waals surface area contributed by atoms with E-state index in [1.54, 1.807) is 0 Å². The van der Waals surface area contributed by atoms with Gasteiger partial charge in [0.15, 0.2) is 0 Å². The van der Waals surface area contributed by atoms with Gasteiger partial charge in [0.25, 0.3) is 0 Å². The molecule has 4 heavy (non-hydrogen) atoms. The van der Waals surface area contributed by atoms with E-state index in [2.05, 4.69) is 0 Å². The first kappa shape index (κ1) is 0.432. The van der Waals surface area contributed by atoms with Crippen molar-refractivity contribution >= 4 is 0 Å². The second-order valence-corrected chi connectivity index (χ2v) is 0.558. The molecule has 0 radical (unpaired) electrons. The first-order valence-corrected chi connectivity index (χ1v) is 1.08. The highest BCUT2D eigenvalue weighted by atomic mass is 14.9. The minimum absolute atomic E-state index is 1.30. The van der Waals surface area contributed by atoms with Crippen LogP contribution >= 0.6 is 0 Å². The smallest absolute Gasteiger partial charge is 0.0428 e. The molecule has 1 saturated heterocycles. The minimum atomic E-state index is -1.84. The van der Waals surface area contributed by atoms with E-state index < -0.39 is 19.4 Å². The normalized spacial score (nSPS) is 72.5. The van der Waals surface area contributed by atoms with Crippen LogP contribution in [0.3, 0.4) is 0 Å². The molecule has 0 atom stereocenters. The summed E-state index contributed by atoms with van der Waals surface area (Å²) in [6, 6.07) is 0. The SMILES string of the molecule is [2H]C1C([2H])([2H])NC1([2H])[2H]. The zero-order valence-electron chi connectivity index (χ0n) is 7.08. The van der Waals surface area contributed by atoms with Gasteiger partial charge in [0.2, 0.25) is 0 Å². The topological polar surface area (TPSA) is 12.0 Å². The van der Waals surface area contributed by atoms with Gasteiger partial charge < -0.3 is 5.32 Å². The summed E-state index contributed by atoms with van der Waals surface area (Å²) in [7, 11) is 0. The van der Waals surface area contributed by atoms with Gasteiger partial charge in [-0.1, -0.05) is 0 Å². The van der Waals surface area contributed by atoms with Crippen molar-refractivity contribution in [3.05, 3.63) is 0 Å². The van der Waals surface area contributed by atoms with E-state index in [-0.39, 0.29) is 0 Å². The molecular weight excluding hydrogens is 50.0 g/mol. The summed E-state index contributed by atoms with van der Waals surface area (Å²) in [5.41, 5.74) is 0. The van der Waals surface area contributed by atoms with E-state index in [9.17, 15) is 0 Å². The van der Waals surface area contributed by atoms with E-state index in [1.165, 1.54) is 0 Å². The van der Waals surface area contributed by atoms with Crippen LogP contribution in [0.2, 0.25) is 0 Å². The van der Waals surface area contributed by atoms with Crippen molar-refractivity contribution in [3.8, 4) is 0 Å². The van der Waals surface area contributed by atoms with Crippen LogP contribution in [0.15, 0.2) is 0 Å². The molecule has 0 aromatic carbocycles. The summed E-state index contributed by atoms with van der Waals surface area (Å²) < 4.78 is 34.3. The lowest BCUT2D eigenvalue weighted by atomic mass is 10.3. The van der Waals surface area contributed by atoms with Gasteiger partial charge in [-0.2, -0.15) is 0 Å². The molecule has 0 aliphatic carbocycles. The van der Waals surface area contributed by atoms with Crippen LogP contribution < -0.4 is 5.32 Å². The molecular formula is C3H7N. The third-order valence-corrected chi connectivity index (χ3v) is 0.289. The Bertz CT molecular complexity index is 118. The predicted molar refractivity (Wildman–Crippen MR) is 17.5 cm³/mol. The first-order valence-electron chi connectivity index (χ1n) is 3.65. The van der Waals surface area contributed by atoms with Crippen molar-refractivity contribution in [3.63, 3.8) is 0 Å². The summed E-state index contributed by atoms with van der Waals surface area (Å²) in [6.45, 7) is -3.69. The third-order valence-electron chi connectivity index (χ3n) is 0.289. The first-order chi connectivity index (χ1) is 3.86. The van der Waals surface area contributed by atoms with Gasteiger partial charge in [-0.05, 0) is 19.4 Å². The Kier molecular flexibility index (Phi) is 0.0783. The number of rotatable bonds is 0. The van der Waals surface area contributed by atoms with Gasteiger partial charge >= 0.3 is 0 Å². The largest absolute Gasteiger partial charge is 0.317 e. The lowest BCUT2D eigenvalue weighted by Crippen LogP contribution is -2.29. The fourth-order valence-corrected chi connectivity index (χ4v) is 0.0722. The number of hydrogen-bond donors (Lipinski definition) is 1. The zero-order chi connectivity index (χ0) is 7.28. The van der Waals surface area contributed by atoms with Crippen molar-refractivity contribution in [2.24, 2.45) is 0 Å². The van der Waals surface area contributed by atoms with Crippen molar-refractivity contribution in [2.45, 2.75) is 6.40 Å². The van der Waals surface area contributed by atoms with E-state index in [1.807, 2.05) is 5.32 Å². The Labute approximate surface area is 33.0 Å². The summed E-state index contributed by atoms with van der Waals surface area (Å²) in [6.07, 6.45) is -1.30. The van der Waals surface area contributed by atoms with Gasteiger partial charge in [0.1, 0.15) is 0 Å². The van der Waals surface area contributed by atoms with Crippen molar-refractivity contribution in [1.82, 2.24) is 5.32 Å². The summed E-state index contributed by atoms with van der Waals surface area (Å²) in [5, 5.41) is 1.99. The van der Waals surface area contributed by atoms with Gasteiger partial charge in [0, 0.05) is 6.85 Å². The average molecular weight is 62.1 g/mol. The van der Waals surface area contributed by atoms with Crippen LogP contribution in [-0.4, -0.2) is 13.0 Å². The lowest BCUT2D eigenvalue weighted by molar-refractivity contribution is 0.527. The van der Waals surface area contributed by atoms with Crippen LogP contribution in [0, 0.1) is 0 Å². The molecule has 0 aromatic rings. The second kappa shape index (κ2) is 0.725. The Hall–Kier alpha value is -0.0400. The van der Waals surface area contributed by atoms with E-state index in [0.717, 1.165) is 0 Å². The molecule has 1 aliphatic rings. The molecule has 0 aromatic heterocycles. The Balaban J connectivity index is 2.62. The molecule has 1 rings (SSSR count). The van der Waals surface area contributed by atoms with Crippen LogP contribution in [0.4, 0.5) is 0 Å². The fourth-order valence-electron chi connectivity index (χ4n) is 0.0722. The van der Waals surface area contributed by atoms with E-state index in [4.69, 9.17) is 6.85 Å². The van der Waals surface area contributed by atoms with Crippen molar-refractivity contribution in [2.75, 3.05) is 13.0 Å². The number of hydrogen-bond acceptors (Lipinski definition) is 1. The van der Waals surface area contributed by atoms with Gasteiger partial charge in [-0.25, -0.2) is 0 Å². The number of nitrogens with one attached hydrogen (secondary N) is 1. The Morgan fingerprint density at radius 1 is 1.75 bits per heavy atom. The Morgan fingerprint density at radius 3 is 2.50 bits per heavy atom. The van der Waals surface area contributed by atoms with Crippen LogP contribution in [0.25, 0.3) is 0 Å². The molecule has 0 unspecified atom stereocenters. The van der Waals surface area contributed by atoms with Crippen LogP contribution in [0.1, 0.15) is 13.3 Å². The molecule has 1 fully saturated rings.